The molecule has 18 heavy (non-hydrogen) atoms. The van der Waals surface area contributed by atoms with Crippen molar-refractivity contribution >= 4 is 11.6 Å². The highest BCUT2D eigenvalue weighted by atomic mass is 35.5. The van der Waals surface area contributed by atoms with Gasteiger partial charge in [-0.2, -0.15) is 0 Å². The molecule has 4 nitrogen and oxygen atoms in total. The Kier molecular flexibility index (Phi) is 4.25. The predicted molar refractivity (Wildman–Crippen MR) is 69.3 cm³/mol. The summed E-state index contributed by atoms with van der Waals surface area (Å²) in [5.41, 5.74) is 1.03. The van der Waals surface area contributed by atoms with Gasteiger partial charge in [0.25, 0.3) is 0 Å². The van der Waals surface area contributed by atoms with Crippen LogP contribution >= 0.6 is 11.6 Å². The van der Waals surface area contributed by atoms with Crippen molar-refractivity contribution in [2.24, 2.45) is 0 Å². The summed E-state index contributed by atoms with van der Waals surface area (Å²) >= 11 is 5.83. The number of aliphatic hydroxyl groups is 3. The van der Waals surface area contributed by atoms with Crippen LogP contribution in [0.5, 0.6) is 0 Å². The molecule has 1 aromatic carbocycles. The van der Waals surface area contributed by atoms with Crippen molar-refractivity contribution in [1.82, 2.24) is 4.90 Å². The van der Waals surface area contributed by atoms with E-state index >= 15 is 0 Å². The maximum absolute atomic E-state index is 9.85. The van der Waals surface area contributed by atoms with Crippen molar-refractivity contribution in [2.45, 2.75) is 37.8 Å². The van der Waals surface area contributed by atoms with Crippen LogP contribution in [0.2, 0.25) is 5.02 Å². The number of benzene rings is 1. The predicted octanol–water partition coefficient (Wildman–Crippen LogP) is 0.627. The maximum atomic E-state index is 9.85. The molecule has 2 rings (SSSR count). The Labute approximate surface area is 111 Å². The summed E-state index contributed by atoms with van der Waals surface area (Å²) in [5.74, 6) is 0. The number of halogens is 1. The summed E-state index contributed by atoms with van der Waals surface area (Å²) in [6, 6.07) is 6.80. The highest BCUT2D eigenvalue weighted by molar-refractivity contribution is 6.30. The third-order valence-electron chi connectivity index (χ3n) is 3.65. The van der Waals surface area contributed by atoms with Crippen molar-refractivity contribution in [2.75, 3.05) is 6.61 Å². The zero-order chi connectivity index (χ0) is 13.3. The van der Waals surface area contributed by atoms with Gasteiger partial charge in [0.2, 0.25) is 0 Å². The highest BCUT2D eigenvalue weighted by Gasteiger charge is 2.44. The maximum Gasteiger partial charge on any atom is 0.0991 e. The monoisotopic (exact) mass is 271 g/mol. The summed E-state index contributed by atoms with van der Waals surface area (Å²) in [5, 5.41) is 29.7. The van der Waals surface area contributed by atoms with E-state index in [0.717, 1.165) is 5.56 Å². The van der Waals surface area contributed by atoms with E-state index in [2.05, 4.69) is 0 Å². The van der Waals surface area contributed by atoms with E-state index in [-0.39, 0.29) is 12.6 Å². The van der Waals surface area contributed by atoms with Crippen molar-refractivity contribution < 1.29 is 15.3 Å². The summed E-state index contributed by atoms with van der Waals surface area (Å²) in [6.45, 7) is 2.24. The van der Waals surface area contributed by atoms with Crippen LogP contribution in [-0.2, 0) is 6.54 Å². The van der Waals surface area contributed by atoms with Gasteiger partial charge in [-0.25, -0.2) is 0 Å². The van der Waals surface area contributed by atoms with Crippen LogP contribution in [0, 0.1) is 0 Å². The first-order valence-electron chi connectivity index (χ1n) is 6.01. The molecule has 100 valence electrons. The molecule has 5 heteroatoms. The van der Waals surface area contributed by atoms with Crippen molar-refractivity contribution in [3.8, 4) is 0 Å². The molecule has 0 unspecified atom stereocenters. The van der Waals surface area contributed by atoms with Crippen LogP contribution in [0.4, 0.5) is 0 Å². The molecule has 1 aliphatic rings. The quantitative estimate of drug-likeness (QED) is 0.754. The number of nitrogens with zero attached hydrogens (tertiary/aromatic N) is 1. The van der Waals surface area contributed by atoms with Crippen LogP contribution in [0.1, 0.15) is 12.5 Å². The third kappa shape index (κ3) is 2.53. The van der Waals surface area contributed by atoms with Crippen LogP contribution in [-0.4, -0.2) is 51.1 Å². The molecule has 0 radical (unpaired) electrons. The zero-order valence-corrected chi connectivity index (χ0v) is 11.0. The molecule has 0 amide bonds. The molecule has 1 saturated heterocycles. The molecule has 0 bridgehead atoms. The molecule has 1 heterocycles. The molecule has 0 aromatic heterocycles. The molecule has 1 aliphatic heterocycles. The first-order valence-corrected chi connectivity index (χ1v) is 6.39. The lowest BCUT2D eigenvalue weighted by Gasteiger charge is -2.27. The van der Waals surface area contributed by atoms with E-state index < -0.39 is 18.2 Å². The molecule has 0 saturated carbocycles. The molecule has 1 fully saturated rings. The molecular weight excluding hydrogens is 254 g/mol. The Hall–Kier alpha value is -0.650. The van der Waals surface area contributed by atoms with Gasteiger partial charge in [-0.1, -0.05) is 23.7 Å². The van der Waals surface area contributed by atoms with E-state index in [9.17, 15) is 15.3 Å². The minimum Gasteiger partial charge on any atom is -0.395 e. The SMILES string of the molecule is C[C@H]1[C@H](O)[C@H](O)[C@@H](CO)N1Cc1ccc(Cl)cc1. The lowest BCUT2D eigenvalue weighted by Crippen LogP contribution is -2.40. The normalized spacial score (nSPS) is 32.9. The van der Waals surface area contributed by atoms with Gasteiger partial charge in [0, 0.05) is 17.6 Å². The van der Waals surface area contributed by atoms with E-state index in [1.54, 1.807) is 12.1 Å². The Balaban J connectivity index is 2.14. The molecule has 1 aromatic rings. The largest absolute Gasteiger partial charge is 0.395 e. The van der Waals surface area contributed by atoms with Crippen molar-refractivity contribution in [1.29, 1.82) is 0 Å². The minimum atomic E-state index is -0.905. The van der Waals surface area contributed by atoms with Gasteiger partial charge in [0.1, 0.15) is 0 Å². The molecule has 3 N–H and O–H groups in total. The minimum absolute atomic E-state index is 0.170. The second-order valence-corrected chi connectivity index (χ2v) is 5.21. The Morgan fingerprint density at radius 3 is 2.33 bits per heavy atom. The Morgan fingerprint density at radius 2 is 1.78 bits per heavy atom. The van der Waals surface area contributed by atoms with Gasteiger partial charge in [0.05, 0.1) is 24.9 Å². The van der Waals surface area contributed by atoms with Gasteiger partial charge in [-0.3, -0.25) is 4.90 Å². The first-order chi connectivity index (χ1) is 8.54. The van der Waals surface area contributed by atoms with Gasteiger partial charge in [-0.15, -0.1) is 0 Å². The fraction of sp³-hybridized carbons (Fsp3) is 0.538. The van der Waals surface area contributed by atoms with Crippen LogP contribution < -0.4 is 0 Å². The van der Waals surface area contributed by atoms with Crippen molar-refractivity contribution in [3.63, 3.8) is 0 Å². The summed E-state index contributed by atoms with van der Waals surface area (Å²) in [4.78, 5) is 1.92. The Bertz CT molecular complexity index is 398. The van der Waals surface area contributed by atoms with Crippen LogP contribution in [0.25, 0.3) is 0 Å². The van der Waals surface area contributed by atoms with Gasteiger partial charge in [-0.05, 0) is 24.6 Å². The summed E-state index contributed by atoms with van der Waals surface area (Å²) in [7, 11) is 0. The average molecular weight is 272 g/mol. The molecular formula is C13H18ClNO3. The van der Waals surface area contributed by atoms with E-state index in [1.807, 2.05) is 24.0 Å². The summed E-state index contributed by atoms with van der Waals surface area (Å²) < 4.78 is 0. The van der Waals surface area contributed by atoms with Gasteiger partial charge < -0.3 is 15.3 Å². The highest BCUT2D eigenvalue weighted by Crippen LogP contribution is 2.27. The van der Waals surface area contributed by atoms with Gasteiger partial charge in [0.15, 0.2) is 0 Å². The fourth-order valence-corrected chi connectivity index (χ4v) is 2.61. The van der Waals surface area contributed by atoms with Crippen LogP contribution in [0.3, 0.4) is 0 Å². The smallest absolute Gasteiger partial charge is 0.0991 e. The zero-order valence-electron chi connectivity index (χ0n) is 10.2. The second kappa shape index (κ2) is 5.55. The number of hydrogen-bond donors (Lipinski definition) is 3. The lowest BCUT2D eigenvalue weighted by molar-refractivity contribution is 0.0186. The fourth-order valence-electron chi connectivity index (χ4n) is 2.48. The van der Waals surface area contributed by atoms with E-state index in [1.165, 1.54) is 0 Å². The third-order valence-corrected chi connectivity index (χ3v) is 3.90. The average Bonchev–Trinajstić information content (AvgIpc) is 2.57. The van der Waals surface area contributed by atoms with E-state index in [0.29, 0.717) is 11.6 Å². The number of aliphatic hydroxyl groups excluding tert-OH is 3. The first kappa shape index (κ1) is 13.8. The van der Waals surface area contributed by atoms with Crippen LogP contribution in [0.15, 0.2) is 24.3 Å². The standard InChI is InChI=1S/C13H18ClNO3/c1-8-12(17)13(18)11(7-16)15(8)6-9-2-4-10(14)5-3-9/h2-5,8,11-13,16-18H,6-7H2,1H3/t8-,11+,12-,13+/m0/s1. The molecule has 0 aliphatic carbocycles. The number of likely N-dealkylation sites (tertiary alicyclic amines) is 1. The Morgan fingerprint density at radius 1 is 1.17 bits per heavy atom. The number of rotatable bonds is 3. The molecule has 4 atom stereocenters. The van der Waals surface area contributed by atoms with Gasteiger partial charge >= 0.3 is 0 Å². The summed E-state index contributed by atoms with van der Waals surface area (Å²) in [6.07, 6.45) is -1.73. The topological polar surface area (TPSA) is 63.9 Å². The molecule has 0 spiro atoms. The lowest BCUT2D eigenvalue weighted by atomic mass is 10.1. The number of hydrogen-bond acceptors (Lipinski definition) is 4. The second-order valence-electron chi connectivity index (χ2n) is 4.77. The van der Waals surface area contributed by atoms with E-state index in [4.69, 9.17) is 11.6 Å². The van der Waals surface area contributed by atoms with Crippen molar-refractivity contribution in [3.05, 3.63) is 34.9 Å².